The topological polar surface area (TPSA) is 55.9 Å². The van der Waals surface area contributed by atoms with Gasteiger partial charge in [0.2, 0.25) is 11.8 Å². The maximum absolute atomic E-state index is 13.1. The van der Waals surface area contributed by atoms with Crippen molar-refractivity contribution in [3.05, 3.63) is 54.1 Å². The average Bonchev–Trinajstić information content (AvgIpc) is 3.21. The van der Waals surface area contributed by atoms with Crippen molar-refractivity contribution in [3.63, 3.8) is 0 Å². The Morgan fingerprint density at radius 3 is 2.55 bits per heavy atom. The zero-order chi connectivity index (χ0) is 21.8. The average molecular weight is 421 g/mol. The number of para-hydroxylation sites is 2. The zero-order valence-corrected chi connectivity index (χ0v) is 18.5. The van der Waals surface area contributed by atoms with Gasteiger partial charge >= 0.3 is 0 Å². The molecule has 2 fully saturated rings. The number of hydrogen-bond donors (Lipinski definition) is 1. The number of rotatable bonds is 6. The predicted molar refractivity (Wildman–Crippen MR) is 126 cm³/mol. The highest BCUT2D eigenvalue weighted by Crippen LogP contribution is 2.30. The predicted octanol–water partition coefficient (Wildman–Crippen LogP) is 3.38. The molecule has 164 valence electrons. The number of piperazine rings is 1. The largest absolute Gasteiger partial charge is 0.367 e. The van der Waals surface area contributed by atoms with Gasteiger partial charge in [-0.05, 0) is 42.8 Å². The number of carbonyl (C=O) groups excluding carboxylic acids is 2. The van der Waals surface area contributed by atoms with Crippen LogP contribution in [-0.4, -0.2) is 56.0 Å². The molecule has 0 aromatic heterocycles. The first kappa shape index (κ1) is 21.4. The van der Waals surface area contributed by atoms with E-state index in [1.807, 2.05) is 36.4 Å². The maximum atomic E-state index is 13.1. The number of hydrogen-bond acceptors (Lipinski definition) is 4. The van der Waals surface area contributed by atoms with E-state index < -0.39 is 0 Å². The molecule has 2 amide bonds. The van der Waals surface area contributed by atoms with E-state index in [0.717, 1.165) is 56.2 Å². The first-order valence-corrected chi connectivity index (χ1v) is 11.4. The van der Waals surface area contributed by atoms with Crippen molar-refractivity contribution in [3.8, 4) is 0 Å². The summed E-state index contributed by atoms with van der Waals surface area (Å²) in [5, 5.41) is 3.12. The Labute approximate surface area is 184 Å². The van der Waals surface area contributed by atoms with Gasteiger partial charge < -0.3 is 20.0 Å². The molecule has 0 spiro atoms. The summed E-state index contributed by atoms with van der Waals surface area (Å²) in [5.74, 6) is -0.415. The lowest BCUT2D eigenvalue weighted by Crippen LogP contribution is -2.46. The van der Waals surface area contributed by atoms with Gasteiger partial charge in [-0.1, -0.05) is 38.1 Å². The van der Waals surface area contributed by atoms with Gasteiger partial charge in [0, 0.05) is 44.8 Å². The summed E-state index contributed by atoms with van der Waals surface area (Å²) < 4.78 is 0. The number of aryl methyl sites for hydroxylation is 1. The molecule has 2 aromatic rings. The third kappa shape index (κ3) is 4.74. The highest BCUT2D eigenvalue weighted by atomic mass is 16.2. The zero-order valence-electron chi connectivity index (χ0n) is 18.5. The Balaban J connectivity index is 1.44. The van der Waals surface area contributed by atoms with Crippen LogP contribution in [0.2, 0.25) is 0 Å². The normalized spacial score (nSPS) is 19.7. The van der Waals surface area contributed by atoms with E-state index in [2.05, 4.69) is 41.1 Å². The summed E-state index contributed by atoms with van der Waals surface area (Å²) in [6.45, 7) is 9.74. The number of amides is 2. The van der Waals surface area contributed by atoms with E-state index in [1.165, 1.54) is 5.56 Å². The van der Waals surface area contributed by atoms with Crippen molar-refractivity contribution in [2.45, 2.75) is 26.7 Å². The minimum atomic E-state index is -0.345. The van der Waals surface area contributed by atoms with Crippen LogP contribution in [0.1, 0.15) is 25.8 Å². The summed E-state index contributed by atoms with van der Waals surface area (Å²) in [7, 11) is 0. The van der Waals surface area contributed by atoms with E-state index in [4.69, 9.17) is 0 Å². The van der Waals surface area contributed by atoms with Gasteiger partial charge in [0.15, 0.2) is 0 Å². The van der Waals surface area contributed by atoms with E-state index in [1.54, 1.807) is 4.90 Å². The second kappa shape index (κ2) is 9.52. The van der Waals surface area contributed by atoms with Crippen LogP contribution in [0.3, 0.4) is 0 Å². The Hall–Kier alpha value is -2.86. The molecule has 2 saturated heterocycles. The van der Waals surface area contributed by atoms with Crippen LogP contribution in [0.15, 0.2) is 48.5 Å². The van der Waals surface area contributed by atoms with Crippen molar-refractivity contribution in [1.29, 1.82) is 0 Å². The maximum Gasteiger partial charge on any atom is 0.229 e. The van der Waals surface area contributed by atoms with Gasteiger partial charge in [-0.3, -0.25) is 9.59 Å². The molecule has 0 aliphatic carbocycles. The quantitative estimate of drug-likeness (QED) is 0.778. The number of likely N-dealkylation sites (N-methyl/N-ethyl adjacent to an activating group) is 1. The minimum absolute atomic E-state index is 0.0115. The molecule has 0 saturated carbocycles. The fourth-order valence-corrected chi connectivity index (χ4v) is 4.47. The smallest absolute Gasteiger partial charge is 0.229 e. The van der Waals surface area contributed by atoms with Gasteiger partial charge in [-0.2, -0.15) is 0 Å². The van der Waals surface area contributed by atoms with E-state index in [9.17, 15) is 9.59 Å². The van der Waals surface area contributed by atoms with Crippen LogP contribution in [0.25, 0.3) is 0 Å². The molecular formula is C25H32N4O2. The molecule has 31 heavy (non-hydrogen) atoms. The van der Waals surface area contributed by atoms with Gasteiger partial charge in [0.25, 0.3) is 0 Å². The number of carbonyl (C=O) groups is 2. The number of nitrogens with zero attached hydrogens (tertiary/aromatic N) is 3. The molecule has 4 rings (SSSR count). The summed E-state index contributed by atoms with van der Waals surface area (Å²) in [5.41, 5.74) is 3.96. The van der Waals surface area contributed by atoms with Gasteiger partial charge in [0.05, 0.1) is 17.3 Å². The molecule has 2 heterocycles. The van der Waals surface area contributed by atoms with Gasteiger partial charge in [0.1, 0.15) is 0 Å². The van der Waals surface area contributed by atoms with Crippen molar-refractivity contribution in [2.24, 2.45) is 5.92 Å². The fourth-order valence-electron chi connectivity index (χ4n) is 4.47. The molecule has 1 unspecified atom stereocenters. The van der Waals surface area contributed by atoms with Gasteiger partial charge in [-0.15, -0.1) is 0 Å². The molecule has 6 heteroatoms. The summed E-state index contributed by atoms with van der Waals surface area (Å²) in [6, 6.07) is 16.0. The molecule has 2 aromatic carbocycles. The van der Waals surface area contributed by atoms with Crippen molar-refractivity contribution in [1.82, 2.24) is 4.90 Å². The lowest BCUT2D eigenvalue weighted by Gasteiger charge is -2.36. The van der Waals surface area contributed by atoms with Crippen molar-refractivity contribution < 1.29 is 9.59 Å². The third-order valence-corrected chi connectivity index (χ3v) is 6.45. The minimum Gasteiger partial charge on any atom is -0.367 e. The Bertz CT molecular complexity index is 937. The third-order valence-electron chi connectivity index (χ3n) is 6.45. The van der Waals surface area contributed by atoms with E-state index in [-0.39, 0.29) is 24.2 Å². The molecular weight excluding hydrogens is 388 g/mol. The van der Waals surface area contributed by atoms with Crippen LogP contribution in [0, 0.1) is 5.92 Å². The van der Waals surface area contributed by atoms with Crippen LogP contribution in [-0.2, 0) is 16.0 Å². The molecule has 1 atom stereocenters. The fraction of sp³-hybridized carbons (Fsp3) is 0.440. The molecule has 2 aliphatic rings. The van der Waals surface area contributed by atoms with Gasteiger partial charge in [-0.25, -0.2) is 0 Å². The standard InChI is InChI=1S/C25H32N4O2/c1-3-19-8-7-9-21(16-19)29-18-20(17-24(29)30)25(31)26-22-10-5-6-11-23(22)28-14-12-27(4-2)13-15-28/h5-11,16,20H,3-4,12-15,17-18H2,1-2H3,(H,26,31). The summed E-state index contributed by atoms with van der Waals surface area (Å²) in [6.07, 6.45) is 1.17. The Kier molecular flexibility index (Phi) is 6.56. The summed E-state index contributed by atoms with van der Waals surface area (Å²) >= 11 is 0. The van der Waals surface area contributed by atoms with Crippen LogP contribution in [0.5, 0.6) is 0 Å². The highest BCUT2D eigenvalue weighted by molar-refractivity contribution is 6.04. The first-order chi connectivity index (χ1) is 15.1. The lowest BCUT2D eigenvalue weighted by atomic mass is 10.1. The lowest BCUT2D eigenvalue weighted by molar-refractivity contribution is -0.122. The van der Waals surface area contributed by atoms with E-state index in [0.29, 0.717) is 6.54 Å². The Morgan fingerprint density at radius 2 is 1.81 bits per heavy atom. The van der Waals surface area contributed by atoms with Crippen LogP contribution < -0.4 is 15.1 Å². The number of nitrogens with one attached hydrogen (secondary N) is 1. The molecule has 6 nitrogen and oxygen atoms in total. The van der Waals surface area contributed by atoms with Crippen molar-refractivity contribution >= 4 is 28.9 Å². The molecule has 0 bridgehead atoms. The van der Waals surface area contributed by atoms with Crippen molar-refractivity contribution in [2.75, 3.05) is 54.4 Å². The van der Waals surface area contributed by atoms with Crippen LogP contribution >= 0.6 is 0 Å². The first-order valence-electron chi connectivity index (χ1n) is 11.4. The molecule has 1 N–H and O–H groups in total. The SMILES string of the molecule is CCc1cccc(N2CC(C(=O)Nc3ccccc3N3CCN(CC)CC3)CC2=O)c1. The second-order valence-corrected chi connectivity index (χ2v) is 8.36. The highest BCUT2D eigenvalue weighted by Gasteiger charge is 2.35. The Morgan fingerprint density at radius 1 is 1.03 bits per heavy atom. The summed E-state index contributed by atoms with van der Waals surface area (Å²) in [4.78, 5) is 32.2. The second-order valence-electron chi connectivity index (χ2n) is 8.36. The molecule has 2 aliphatic heterocycles. The number of benzene rings is 2. The monoisotopic (exact) mass is 420 g/mol. The van der Waals surface area contributed by atoms with Crippen LogP contribution in [0.4, 0.5) is 17.1 Å². The number of anilines is 3. The van der Waals surface area contributed by atoms with E-state index >= 15 is 0 Å². The molecule has 0 radical (unpaired) electrons.